The van der Waals surface area contributed by atoms with Gasteiger partial charge in [-0.25, -0.2) is 0 Å². The molecule has 0 atom stereocenters. The fraction of sp³-hybridized carbons (Fsp3) is 0.591. The first-order valence-electron chi connectivity index (χ1n) is 11.0. The monoisotopic (exact) mass is 428 g/mol. The number of aromatic nitrogens is 3. The van der Waals surface area contributed by atoms with Gasteiger partial charge in [-0.2, -0.15) is 26.7 Å². The Morgan fingerprint density at radius 1 is 1.00 bits per heavy atom. The molecule has 1 aromatic heterocycles. The summed E-state index contributed by atoms with van der Waals surface area (Å²) in [6.45, 7) is 3.98. The highest BCUT2D eigenvalue weighted by atomic mass is 32.2. The lowest BCUT2D eigenvalue weighted by Gasteiger charge is -2.27. The summed E-state index contributed by atoms with van der Waals surface area (Å²) in [6.07, 6.45) is 7.57. The molecule has 0 spiro atoms. The molecule has 4 rings (SSSR count). The molecule has 0 bridgehead atoms. The molecule has 2 heterocycles. The van der Waals surface area contributed by atoms with E-state index in [-0.39, 0.29) is 0 Å². The van der Waals surface area contributed by atoms with Gasteiger partial charge in [0.2, 0.25) is 17.8 Å². The van der Waals surface area contributed by atoms with Gasteiger partial charge in [0.05, 0.1) is 7.11 Å². The fourth-order valence-corrected chi connectivity index (χ4v) is 4.98. The first-order chi connectivity index (χ1) is 14.7. The van der Waals surface area contributed by atoms with E-state index in [9.17, 15) is 0 Å². The summed E-state index contributed by atoms with van der Waals surface area (Å²) in [5.74, 6) is 5.11. The van der Waals surface area contributed by atoms with E-state index in [0.29, 0.717) is 17.9 Å². The summed E-state index contributed by atoms with van der Waals surface area (Å²) in [5.41, 5.74) is 2.02. The standard InChI is InChI=1S/C22H32N6OS/c1-16-15-18(9-10-19(16)29-2)24-21-25-20(23-17-7-5-3-4-6-8-17)26-22(27-21)28-11-13-30-14-12-28/h9-10,15,17H,3-8,11-14H2,1-2H3,(H2,23,24,25,26,27). The molecule has 0 amide bonds. The van der Waals surface area contributed by atoms with Crippen LogP contribution in [0.5, 0.6) is 5.75 Å². The number of anilines is 4. The van der Waals surface area contributed by atoms with Crippen LogP contribution in [0.1, 0.15) is 44.1 Å². The highest BCUT2D eigenvalue weighted by Gasteiger charge is 2.19. The predicted octanol–water partition coefficient (Wildman–Crippen LogP) is 4.62. The molecular formula is C22H32N6OS. The normalized spacial score (nSPS) is 18.0. The van der Waals surface area contributed by atoms with Crippen molar-refractivity contribution in [1.82, 2.24) is 15.0 Å². The van der Waals surface area contributed by atoms with Crippen LogP contribution in [0.25, 0.3) is 0 Å². The number of thioether (sulfide) groups is 1. The number of benzene rings is 1. The second-order valence-corrected chi connectivity index (χ2v) is 9.25. The van der Waals surface area contributed by atoms with Crippen LogP contribution < -0.4 is 20.3 Å². The SMILES string of the molecule is COc1ccc(Nc2nc(NC3CCCCCC3)nc(N3CCSCC3)n2)cc1C. The van der Waals surface area contributed by atoms with Crippen molar-refractivity contribution in [3.63, 3.8) is 0 Å². The molecule has 1 aromatic carbocycles. The predicted molar refractivity (Wildman–Crippen MR) is 125 cm³/mol. The van der Waals surface area contributed by atoms with Crippen LogP contribution in [0.4, 0.5) is 23.5 Å². The number of ether oxygens (including phenoxy) is 1. The second-order valence-electron chi connectivity index (χ2n) is 8.02. The van der Waals surface area contributed by atoms with Crippen molar-refractivity contribution in [2.24, 2.45) is 0 Å². The van der Waals surface area contributed by atoms with E-state index in [1.165, 1.54) is 38.5 Å². The minimum Gasteiger partial charge on any atom is -0.496 e. The van der Waals surface area contributed by atoms with Gasteiger partial charge in [-0.1, -0.05) is 25.7 Å². The van der Waals surface area contributed by atoms with Crippen LogP contribution in [0.15, 0.2) is 18.2 Å². The Bertz CT molecular complexity index is 834. The van der Waals surface area contributed by atoms with Crippen molar-refractivity contribution in [1.29, 1.82) is 0 Å². The van der Waals surface area contributed by atoms with E-state index in [1.807, 2.05) is 30.8 Å². The van der Waals surface area contributed by atoms with Gasteiger partial charge in [0.25, 0.3) is 0 Å². The third-order valence-electron chi connectivity index (χ3n) is 5.76. The summed E-state index contributed by atoms with van der Waals surface area (Å²) in [5, 5.41) is 6.98. The minimum absolute atomic E-state index is 0.441. The zero-order valence-electron chi connectivity index (χ0n) is 18.0. The van der Waals surface area contributed by atoms with Gasteiger partial charge in [-0.15, -0.1) is 0 Å². The molecular weight excluding hydrogens is 396 g/mol. The molecule has 2 aromatic rings. The van der Waals surface area contributed by atoms with Gasteiger partial charge in [0.1, 0.15) is 5.75 Å². The van der Waals surface area contributed by atoms with Gasteiger partial charge in [-0.05, 0) is 43.5 Å². The molecule has 1 aliphatic carbocycles. The largest absolute Gasteiger partial charge is 0.496 e. The van der Waals surface area contributed by atoms with Crippen LogP contribution in [-0.2, 0) is 0 Å². The first kappa shape index (κ1) is 21.0. The molecule has 1 aliphatic heterocycles. The molecule has 2 N–H and O–H groups in total. The molecule has 162 valence electrons. The number of hydrogen-bond acceptors (Lipinski definition) is 8. The van der Waals surface area contributed by atoms with Gasteiger partial charge in [0, 0.05) is 36.3 Å². The number of methoxy groups -OCH3 is 1. The molecule has 8 heteroatoms. The number of hydrogen-bond donors (Lipinski definition) is 2. The van der Waals surface area contributed by atoms with Crippen molar-refractivity contribution in [2.75, 3.05) is 47.2 Å². The van der Waals surface area contributed by atoms with Gasteiger partial charge >= 0.3 is 0 Å². The molecule has 1 saturated heterocycles. The summed E-state index contributed by atoms with van der Waals surface area (Å²) >= 11 is 1.98. The van der Waals surface area contributed by atoms with Crippen molar-refractivity contribution >= 4 is 35.3 Å². The molecule has 30 heavy (non-hydrogen) atoms. The average Bonchev–Trinajstić information content (AvgIpc) is 3.03. The molecule has 0 unspecified atom stereocenters. The Hall–Kier alpha value is -2.22. The quantitative estimate of drug-likeness (QED) is 0.646. The highest BCUT2D eigenvalue weighted by molar-refractivity contribution is 7.99. The van der Waals surface area contributed by atoms with E-state index in [2.05, 4.69) is 21.6 Å². The second kappa shape index (κ2) is 10.2. The van der Waals surface area contributed by atoms with Crippen molar-refractivity contribution in [3.05, 3.63) is 23.8 Å². The lowest BCUT2D eigenvalue weighted by atomic mass is 10.1. The lowest BCUT2D eigenvalue weighted by Crippen LogP contribution is -2.34. The molecule has 2 aliphatic rings. The average molecular weight is 429 g/mol. The van der Waals surface area contributed by atoms with Crippen LogP contribution in [0.3, 0.4) is 0 Å². The van der Waals surface area contributed by atoms with E-state index >= 15 is 0 Å². The Labute approximate surface area is 183 Å². The summed E-state index contributed by atoms with van der Waals surface area (Å²) < 4.78 is 5.37. The van der Waals surface area contributed by atoms with Gasteiger partial charge in [0.15, 0.2) is 0 Å². The van der Waals surface area contributed by atoms with E-state index < -0.39 is 0 Å². The Balaban J connectivity index is 1.58. The molecule has 1 saturated carbocycles. The number of aryl methyl sites for hydroxylation is 1. The summed E-state index contributed by atoms with van der Waals surface area (Å²) in [7, 11) is 1.69. The Kier molecular flexibility index (Phi) is 7.15. The number of rotatable bonds is 6. The Morgan fingerprint density at radius 2 is 1.73 bits per heavy atom. The molecule has 0 radical (unpaired) electrons. The third kappa shape index (κ3) is 5.47. The maximum absolute atomic E-state index is 5.37. The van der Waals surface area contributed by atoms with Gasteiger partial charge < -0.3 is 20.3 Å². The zero-order chi connectivity index (χ0) is 20.8. The van der Waals surface area contributed by atoms with Crippen molar-refractivity contribution < 1.29 is 4.74 Å². The van der Waals surface area contributed by atoms with E-state index in [4.69, 9.17) is 19.7 Å². The minimum atomic E-state index is 0.441. The first-order valence-corrected chi connectivity index (χ1v) is 12.1. The zero-order valence-corrected chi connectivity index (χ0v) is 18.8. The molecule has 2 fully saturated rings. The number of nitrogens with zero attached hydrogens (tertiary/aromatic N) is 4. The lowest BCUT2D eigenvalue weighted by molar-refractivity contribution is 0.412. The van der Waals surface area contributed by atoms with E-state index in [1.54, 1.807) is 7.11 Å². The maximum Gasteiger partial charge on any atom is 0.233 e. The van der Waals surface area contributed by atoms with E-state index in [0.717, 1.165) is 47.5 Å². The van der Waals surface area contributed by atoms with Crippen LogP contribution in [0, 0.1) is 6.92 Å². The smallest absolute Gasteiger partial charge is 0.233 e. The van der Waals surface area contributed by atoms with Crippen LogP contribution in [-0.4, -0.2) is 52.7 Å². The molecule has 7 nitrogen and oxygen atoms in total. The summed E-state index contributed by atoms with van der Waals surface area (Å²) in [6, 6.07) is 6.45. The maximum atomic E-state index is 5.37. The van der Waals surface area contributed by atoms with Crippen molar-refractivity contribution in [3.8, 4) is 5.75 Å². The third-order valence-corrected chi connectivity index (χ3v) is 6.70. The van der Waals surface area contributed by atoms with Crippen molar-refractivity contribution in [2.45, 2.75) is 51.5 Å². The topological polar surface area (TPSA) is 75.2 Å². The van der Waals surface area contributed by atoms with Gasteiger partial charge in [-0.3, -0.25) is 0 Å². The Morgan fingerprint density at radius 3 is 2.43 bits per heavy atom. The summed E-state index contributed by atoms with van der Waals surface area (Å²) in [4.78, 5) is 16.5. The van der Waals surface area contributed by atoms with Crippen LogP contribution >= 0.6 is 11.8 Å². The van der Waals surface area contributed by atoms with Crippen LogP contribution in [0.2, 0.25) is 0 Å². The number of nitrogens with one attached hydrogen (secondary N) is 2. The fourth-order valence-electron chi connectivity index (χ4n) is 4.08. The highest BCUT2D eigenvalue weighted by Crippen LogP contribution is 2.26.